The van der Waals surface area contributed by atoms with Crippen LogP contribution in [0.1, 0.15) is 41.4 Å². The summed E-state index contributed by atoms with van der Waals surface area (Å²) in [6.07, 6.45) is 6.22. The Morgan fingerprint density at radius 1 is 1.03 bits per heavy atom. The number of amides is 1. The predicted molar refractivity (Wildman–Crippen MR) is 123 cm³/mol. The summed E-state index contributed by atoms with van der Waals surface area (Å²) in [4.78, 5) is 17.7. The minimum Gasteiger partial charge on any atom is -0.327 e. The molecule has 0 aliphatic heterocycles. The van der Waals surface area contributed by atoms with E-state index in [2.05, 4.69) is 14.9 Å². The lowest BCUT2D eigenvalue weighted by atomic mass is 10.0. The number of aromatic nitrogens is 2. The number of imidazole rings is 1. The number of rotatable bonds is 5. The summed E-state index contributed by atoms with van der Waals surface area (Å²) in [6.45, 7) is 0. The number of thiophene rings is 1. The maximum Gasteiger partial charge on any atom is 0.265 e. The highest BCUT2D eigenvalue weighted by molar-refractivity contribution is 7.12. The summed E-state index contributed by atoms with van der Waals surface area (Å²) < 4.78 is 30.3. The van der Waals surface area contributed by atoms with E-state index in [1.807, 2.05) is 6.33 Å². The van der Waals surface area contributed by atoms with E-state index in [1.165, 1.54) is 29.5 Å². The molecule has 0 unspecified atom stereocenters. The average molecular weight is 450 g/mol. The zero-order valence-electron chi connectivity index (χ0n) is 17.2. The maximum atomic E-state index is 14.6. The number of hydrogen-bond acceptors (Lipinski definition) is 3. The van der Waals surface area contributed by atoms with Gasteiger partial charge in [0.25, 0.3) is 5.91 Å². The second kappa shape index (κ2) is 8.67. The van der Waals surface area contributed by atoms with Crippen LogP contribution in [0.2, 0.25) is 0 Å². The fourth-order valence-corrected chi connectivity index (χ4v) is 4.90. The summed E-state index contributed by atoms with van der Waals surface area (Å²) in [6, 6.07) is 14.7. The molecule has 32 heavy (non-hydrogen) atoms. The predicted octanol–water partition coefficient (Wildman–Crippen LogP) is 6.92. The van der Waals surface area contributed by atoms with Crippen LogP contribution in [-0.4, -0.2) is 15.5 Å². The number of halogens is 2. The first-order chi connectivity index (χ1) is 15.6. The van der Waals surface area contributed by atoms with Crippen molar-refractivity contribution in [1.29, 1.82) is 0 Å². The van der Waals surface area contributed by atoms with Crippen molar-refractivity contribution in [2.75, 3.05) is 5.32 Å². The van der Waals surface area contributed by atoms with Crippen LogP contribution < -0.4 is 5.32 Å². The first kappa shape index (κ1) is 20.6. The summed E-state index contributed by atoms with van der Waals surface area (Å²) in [7, 11) is 0. The Kier molecular flexibility index (Phi) is 5.57. The number of carbonyl (C=O) groups is 1. The molecule has 0 atom stereocenters. The molecule has 2 heterocycles. The summed E-state index contributed by atoms with van der Waals surface area (Å²) in [5, 5.41) is 4.49. The molecule has 4 aromatic rings. The molecule has 2 aromatic carbocycles. The Bertz CT molecular complexity index is 1240. The molecule has 1 saturated carbocycles. The Hall–Kier alpha value is -3.32. The molecule has 4 nitrogen and oxygen atoms in total. The number of anilines is 1. The van der Waals surface area contributed by atoms with Gasteiger partial charge >= 0.3 is 0 Å². The highest BCUT2D eigenvalue weighted by atomic mass is 32.1. The number of nitrogens with zero attached hydrogens (tertiary/aromatic N) is 2. The van der Waals surface area contributed by atoms with Crippen molar-refractivity contribution in [2.45, 2.75) is 31.7 Å². The zero-order chi connectivity index (χ0) is 22.1. The molecule has 1 amide bonds. The molecular formula is C25H21F2N3OS. The van der Waals surface area contributed by atoms with Crippen molar-refractivity contribution in [2.24, 2.45) is 0 Å². The van der Waals surface area contributed by atoms with Crippen molar-refractivity contribution in [3.8, 4) is 22.5 Å². The van der Waals surface area contributed by atoms with Crippen LogP contribution in [0.25, 0.3) is 22.5 Å². The standard InChI is InChI=1S/C25H21F2N3OS/c26-18-10-7-16(8-11-18)23-24(30(15-28-23)19-4-1-2-5-19)17-9-12-20(27)21(14-17)29-25(31)22-6-3-13-32-22/h3,6-15,19H,1-2,4-5H2,(H,29,31). The number of nitrogens with one attached hydrogen (secondary N) is 1. The van der Waals surface area contributed by atoms with Crippen molar-refractivity contribution in [3.05, 3.63) is 82.8 Å². The molecule has 0 saturated heterocycles. The highest BCUT2D eigenvalue weighted by Crippen LogP contribution is 2.39. The highest BCUT2D eigenvalue weighted by Gasteiger charge is 2.24. The van der Waals surface area contributed by atoms with E-state index in [-0.39, 0.29) is 17.4 Å². The van der Waals surface area contributed by atoms with E-state index >= 15 is 0 Å². The maximum absolute atomic E-state index is 14.6. The minimum atomic E-state index is -0.506. The van der Waals surface area contributed by atoms with E-state index in [9.17, 15) is 13.6 Å². The fraction of sp³-hybridized carbons (Fsp3) is 0.200. The van der Waals surface area contributed by atoms with E-state index < -0.39 is 5.82 Å². The number of benzene rings is 2. The van der Waals surface area contributed by atoms with Gasteiger partial charge in [0.2, 0.25) is 0 Å². The van der Waals surface area contributed by atoms with Crippen molar-refractivity contribution in [1.82, 2.24) is 9.55 Å². The third-order valence-corrected chi connectivity index (χ3v) is 6.73. The molecule has 1 N–H and O–H groups in total. The summed E-state index contributed by atoms with van der Waals surface area (Å²) >= 11 is 1.30. The second-order valence-electron chi connectivity index (χ2n) is 7.92. The van der Waals surface area contributed by atoms with Crippen molar-refractivity contribution >= 4 is 22.9 Å². The van der Waals surface area contributed by atoms with E-state index in [0.717, 1.165) is 42.5 Å². The molecule has 7 heteroatoms. The first-order valence-electron chi connectivity index (χ1n) is 10.6. The average Bonchev–Trinajstić information content (AvgIpc) is 3.56. The third-order valence-electron chi connectivity index (χ3n) is 5.86. The normalized spacial score (nSPS) is 14.1. The quantitative estimate of drug-likeness (QED) is 0.359. The van der Waals surface area contributed by atoms with Gasteiger partial charge in [-0.25, -0.2) is 13.8 Å². The van der Waals surface area contributed by atoms with Gasteiger partial charge in [0.1, 0.15) is 11.6 Å². The molecule has 2 aromatic heterocycles. The van der Waals surface area contributed by atoms with E-state index in [4.69, 9.17) is 0 Å². The van der Waals surface area contributed by atoms with Crippen LogP contribution in [0.15, 0.2) is 66.3 Å². The van der Waals surface area contributed by atoms with Gasteiger partial charge in [-0.2, -0.15) is 0 Å². The number of hydrogen-bond donors (Lipinski definition) is 1. The fourth-order valence-electron chi connectivity index (χ4n) is 4.29. The lowest BCUT2D eigenvalue weighted by Gasteiger charge is -2.17. The molecule has 1 aliphatic carbocycles. The monoisotopic (exact) mass is 449 g/mol. The molecule has 5 rings (SSSR count). The van der Waals surface area contributed by atoms with Crippen LogP contribution in [0.3, 0.4) is 0 Å². The SMILES string of the molecule is O=C(Nc1cc(-c2c(-c3ccc(F)cc3)ncn2C2CCCC2)ccc1F)c1cccs1. The van der Waals surface area contributed by atoms with Crippen molar-refractivity contribution in [3.63, 3.8) is 0 Å². The van der Waals surface area contributed by atoms with Crippen LogP contribution in [0.5, 0.6) is 0 Å². The Labute approximate surface area is 188 Å². The number of carbonyl (C=O) groups excluding carboxylic acids is 1. The van der Waals surface area contributed by atoms with Gasteiger partial charge in [-0.15, -0.1) is 11.3 Å². The molecule has 1 fully saturated rings. The van der Waals surface area contributed by atoms with Crippen LogP contribution in [0.4, 0.5) is 14.5 Å². The Morgan fingerprint density at radius 2 is 1.78 bits per heavy atom. The molecule has 0 bridgehead atoms. The van der Waals surface area contributed by atoms with Gasteiger partial charge in [0.15, 0.2) is 0 Å². The molecular weight excluding hydrogens is 428 g/mol. The Morgan fingerprint density at radius 3 is 2.50 bits per heavy atom. The van der Waals surface area contributed by atoms with Crippen molar-refractivity contribution < 1.29 is 13.6 Å². The third kappa shape index (κ3) is 3.96. The van der Waals surface area contributed by atoms with Gasteiger partial charge in [-0.3, -0.25) is 4.79 Å². The van der Waals surface area contributed by atoms with Gasteiger partial charge in [-0.05, 0) is 66.8 Å². The summed E-state index contributed by atoms with van der Waals surface area (Å²) in [5.41, 5.74) is 3.20. The van der Waals surface area contributed by atoms with Gasteiger partial charge in [-0.1, -0.05) is 18.9 Å². The largest absolute Gasteiger partial charge is 0.327 e. The smallest absolute Gasteiger partial charge is 0.265 e. The van der Waals surface area contributed by atoms with Crippen LogP contribution >= 0.6 is 11.3 Å². The molecule has 1 aliphatic rings. The van der Waals surface area contributed by atoms with Crippen LogP contribution in [0, 0.1) is 11.6 Å². The van der Waals surface area contributed by atoms with Gasteiger partial charge in [0.05, 0.1) is 28.3 Å². The van der Waals surface area contributed by atoms with Gasteiger partial charge < -0.3 is 9.88 Å². The van der Waals surface area contributed by atoms with Crippen LogP contribution in [-0.2, 0) is 0 Å². The lowest BCUT2D eigenvalue weighted by molar-refractivity contribution is 0.103. The lowest BCUT2D eigenvalue weighted by Crippen LogP contribution is -2.12. The molecule has 0 radical (unpaired) electrons. The first-order valence-corrected chi connectivity index (χ1v) is 11.5. The topological polar surface area (TPSA) is 46.9 Å². The van der Waals surface area contributed by atoms with E-state index in [1.54, 1.807) is 41.8 Å². The summed E-state index contributed by atoms with van der Waals surface area (Å²) in [5.74, 6) is -1.17. The Balaban J connectivity index is 1.59. The molecule has 162 valence electrons. The molecule has 0 spiro atoms. The van der Waals surface area contributed by atoms with Gasteiger partial charge in [0, 0.05) is 17.2 Å². The minimum absolute atomic E-state index is 0.116. The zero-order valence-corrected chi connectivity index (χ0v) is 18.0. The second-order valence-corrected chi connectivity index (χ2v) is 8.87. The van der Waals surface area contributed by atoms with E-state index in [0.29, 0.717) is 16.6 Å².